The Morgan fingerprint density at radius 1 is 1.11 bits per heavy atom. The first-order valence-electron chi connectivity index (χ1n) is 10.0. The molecule has 1 unspecified atom stereocenters. The Hall–Kier alpha value is -2.76. The number of allylic oxidation sites excluding steroid dienone is 4. The minimum atomic E-state index is 0.172. The predicted octanol–water partition coefficient (Wildman–Crippen LogP) is 2.42. The number of hydrogen-bond acceptors (Lipinski definition) is 5. The molecule has 0 aromatic heterocycles. The zero-order valence-electron chi connectivity index (χ0n) is 16.0. The van der Waals surface area contributed by atoms with Gasteiger partial charge >= 0.3 is 0 Å². The van der Waals surface area contributed by atoms with Gasteiger partial charge in [0.1, 0.15) is 6.17 Å². The molecule has 0 spiro atoms. The van der Waals surface area contributed by atoms with Gasteiger partial charge in [0.05, 0.1) is 24.6 Å². The Labute approximate surface area is 166 Å². The van der Waals surface area contributed by atoms with Gasteiger partial charge in [0.15, 0.2) is 0 Å². The maximum absolute atomic E-state index is 5.55. The predicted molar refractivity (Wildman–Crippen MR) is 112 cm³/mol. The fourth-order valence-corrected chi connectivity index (χ4v) is 4.13. The van der Waals surface area contributed by atoms with Gasteiger partial charge < -0.3 is 20.3 Å². The van der Waals surface area contributed by atoms with Crippen molar-refractivity contribution in [3.63, 3.8) is 0 Å². The van der Waals surface area contributed by atoms with Gasteiger partial charge in [-0.1, -0.05) is 42.5 Å². The van der Waals surface area contributed by atoms with Crippen LogP contribution >= 0.6 is 0 Å². The summed E-state index contributed by atoms with van der Waals surface area (Å²) in [4.78, 5) is 4.90. The maximum Gasteiger partial charge on any atom is 0.123 e. The number of morpholine rings is 1. The van der Waals surface area contributed by atoms with Gasteiger partial charge in [0.2, 0.25) is 0 Å². The average molecular weight is 374 g/mol. The molecular formula is C23H26N4O. The van der Waals surface area contributed by atoms with Gasteiger partial charge in [-0.15, -0.1) is 0 Å². The van der Waals surface area contributed by atoms with Crippen molar-refractivity contribution in [3.05, 3.63) is 89.6 Å². The first-order chi connectivity index (χ1) is 13.9. The molecule has 5 nitrogen and oxygen atoms in total. The number of fused-ring (bicyclic) bond motifs is 1. The number of hydrogen-bond donors (Lipinski definition) is 2. The summed E-state index contributed by atoms with van der Waals surface area (Å²) in [7, 11) is 0. The van der Waals surface area contributed by atoms with Crippen molar-refractivity contribution in [2.24, 2.45) is 0 Å². The van der Waals surface area contributed by atoms with Crippen LogP contribution in [-0.2, 0) is 4.74 Å². The highest BCUT2D eigenvalue weighted by Crippen LogP contribution is 2.33. The van der Waals surface area contributed by atoms with Crippen LogP contribution in [0.2, 0.25) is 0 Å². The second kappa shape index (κ2) is 7.70. The van der Waals surface area contributed by atoms with Gasteiger partial charge in [-0.2, -0.15) is 0 Å². The Morgan fingerprint density at radius 3 is 2.75 bits per heavy atom. The van der Waals surface area contributed by atoms with Crippen molar-refractivity contribution in [1.29, 1.82) is 0 Å². The van der Waals surface area contributed by atoms with Crippen molar-refractivity contribution in [1.82, 2.24) is 20.4 Å². The van der Waals surface area contributed by atoms with E-state index in [9.17, 15) is 0 Å². The van der Waals surface area contributed by atoms with E-state index in [-0.39, 0.29) is 6.17 Å². The van der Waals surface area contributed by atoms with E-state index < -0.39 is 0 Å². The van der Waals surface area contributed by atoms with Gasteiger partial charge in [0.25, 0.3) is 0 Å². The Balaban J connectivity index is 1.50. The Morgan fingerprint density at radius 2 is 1.96 bits per heavy atom. The molecular weight excluding hydrogens is 348 g/mol. The zero-order valence-corrected chi connectivity index (χ0v) is 16.0. The van der Waals surface area contributed by atoms with Crippen molar-refractivity contribution in [2.75, 3.05) is 39.4 Å². The SMILES string of the molecule is C1=CNCC(C2=C(CN3CCOCC3)N3C=C(c4ccccc4)C=CC3N2)=C1. The monoisotopic (exact) mass is 374 g/mol. The van der Waals surface area contributed by atoms with Gasteiger partial charge in [-0.05, 0) is 35.1 Å². The minimum absolute atomic E-state index is 0.172. The molecule has 144 valence electrons. The summed E-state index contributed by atoms with van der Waals surface area (Å²) in [5, 5.41) is 7.09. The second-order valence-electron chi connectivity index (χ2n) is 7.45. The minimum Gasteiger partial charge on any atom is -0.387 e. The van der Waals surface area contributed by atoms with Crippen LogP contribution in [0.4, 0.5) is 0 Å². The molecule has 4 heterocycles. The van der Waals surface area contributed by atoms with Gasteiger partial charge in [-0.3, -0.25) is 4.90 Å². The summed E-state index contributed by atoms with van der Waals surface area (Å²) in [6.07, 6.45) is 13.3. The van der Waals surface area contributed by atoms with Crippen LogP contribution in [0.15, 0.2) is 84.0 Å². The summed E-state index contributed by atoms with van der Waals surface area (Å²) in [5.41, 5.74) is 6.40. The number of ether oxygens (including phenoxy) is 1. The van der Waals surface area contributed by atoms with E-state index in [4.69, 9.17) is 4.74 Å². The van der Waals surface area contributed by atoms with Crippen LogP contribution in [0.25, 0.3) is 5.57 Å². The van der Waals surface area contributed by atoms with E-state index in [1.165, 1.54) is 28.1 Å². The Bertz CT molecular complexity index is 875. The molecule has 1 aromatic rings. The summed E-state index contributed by atoms with van der Waals surface area (Å²) < 4.78 is 5.55. The van der Waals surface area contributed by atoms with Crippen LogP contribution < -0.4 is 10.6 Å². The third kappa shape index (κ3) is 3.39. The molecule has 1 saturated heterocycles. The average Bonchev–Trinajstić information content (AvgIpc) is 3.13. The topological polar surface area (TPSA) is 39.8 Å². The third-order valence-corrected chi connectivity index (χ3v) is 5.64. The standard InChI is InChI=1S/C23H26N4O/c1-2-5-18(6-3-1)20-8-9-22-25-23(19-7-4-10-24-15-19)21(27(22)16-20)17-26-11-13-28-14-12-26/h1-10,16,22,24-25H,11-15,17H2. The van der Waals surface area contributed by atoms with Crippen LogP contribution in [0, 0.1) is 0 Å². The number of nitrogens with one attached hydrogen (secondary N) is 2. The molecule has 0 saturated carbocycles. The quantitative estimate of drug-likeness (QED) is 0.847. The highest BCUT2D eigenvalue weighted by atomic mass is 16.5. The maximum atomic E-state index is 5.55. The van der Waals surface area contributed by atoms with Gasteiger partial charge in [0, 0.05) is 32.4 Å². The number of benzene rings is 1. The molecule has 0 amide bonds. The first-order valence-corrected chi connectivity index (χ1v) is 10.0. The molecule has 2 N–H and O–H groups in total. The summed E-state index contributed by atoms with van der Waals surface area (Å²) >= 11 is 0. The molecule has 4 aliphatic heterocycles. The van der Waals surface area contributed by atoms with E-state index in [1.54, 1.807) is 0 Å². The lowest BCUT2D eigenvalue weighted by atomic mass is 10.0. The lowest BCUT2D eigenvalue weighted by molar-refractivity contribution is 0.0400. The summed E-state index contributed by atoms with van der Waals surface area (Å²) in [5.74, 6) is 0. The van der Waals surface area contributed by atoms with Crippen molar-refractivity contribution in [3.8, 4) is 0 Å². The second-order valence-corrected chi connectivity index (χ2v) is 7.45. The largest absolute Gasteiger partial charge is 0.387 e. The third-order valence-electron chi connectivity index (χ3n) is 5.64. The number of nitrogens with zero attached hydrogens (tertiary/aromatic N) is 2. The lowest BCUT2D eigenvalue weighted by Gasteiger charge is -2.32. The number of rotatable bonds is 4. The molecule has 0 bridgehead atoms. The van der Waals surface area contributed by atoms with Crippen LogP contribution in [-0.4, -0.2) is 55.4 Å². The highest BCUT2D eigenvalue weighted by molar-refractivity contribution is 5.75. The van der Waals surface area contributed by atoms with Crippen LogP contribution in [0.3, 0.4) is 0 Å². The first kappa shape index (κ1) is 17.3. The van der Waals surface area contributed by atoms with Crippen molar-refractivity contribution < 1.29 is 4.74 Å². The normalized spacial score (nSPS) is 24.4. The van der Waals surface area contributed by atoms with E-state index in [0.717, 1.165) is 39.4 Å². The lowest BCUT2D eigenvalue weighted by Crippen LogP contribution is -2.40. The fraction of sp³-hybridized carbons (Fsp3) is 0.304. The van der Waals surface area contributed by atoms with E-state index >= 15 is 0 Å². The van der Waals surface area contributed by atoms with Crippen LogP contribution in [0.5, 0.6) is 0 Å². The van der Waals surface area contributed by atoms with Crippen molar-refractivity contribution >= 4 is 5.57 Å². The molecule has 1 fully saturated rings. The fourth-order valence-electron chi connectivity index (χ4n) is 4.13. The molecule has 1 atom stereocenters. The van der Waals surface area contributed by atoms with E-state index in [2.05, 4.69) is 81.3 Å². The van der Waals surface area contributed by atoms with Crippen molar-refractivity contribution in [2.45, 2.75) is 6.17 Å². The molecule has 28 heavy (non-hydrogen) atoms. The zero-order chi connectivity index (χ0) is 18.8. The van der Waals surface area contributed by atoms with Gasteiger partial charge in [-0.25, -0.2) is 0 Å². The number of dihydropyridines is 1. The Kier molecular flexibility index (Phi) is 4.77. The molecule has 5 rings (SSSR count). The molecule has 0 aliphatic carbocycles. The smallest absolute Gasteiger partial charge is 0.123 e. The molecule has 4 aliphatic rings. The molecule has 0 radical (unpaired) electrons. The van der Waals surface area contributed by atoms with E-state index in [0.29, 0.717) is 0 Å². The summed E-state index contributed by atoms with van der Waals surface area (Å²) in [6, 6.07) is 10.6. The van der Waals surface area contributed by atoms with Crippen LogP contribution in [0.1, 0.15) is 5.56 Å². The highest BCUT2D eigenvalue weighted by Gasteiger charge is 2.33. The van der Waals surface area contributed by atoms with E-state index in [1.807, 2.05) is 6.20 Å². The molecule has 1 aromatic carbocycles. The summed E-state index contributed by atoms with van der Waals surface area (Å²) in [6.45, 7) is 5.38. The molecule has 5 heteroatoms.